The van der Waals surface area contributed by atoms with Crippen LogP contribution in [0.25, 0.3) is 0 Å². The lowest BCUT2D eigenvalue weighted by molar-refractivity contribution is 0.102. The van der Waals surface area contributed by atoms with Gasteiger partial charge in [-0.25, -0.2) is 0 Å². The summed E-state index contributed by atoms with van der Waals surface area (Å²) < 4.78 is 16.3. The number of ether oxygens (including phenoxy) is 3. The maximum atomic E-state index is 5.55. The summed E-state index contributed by atoms with van der Waals surface area (Å²) in [7, 11) is 0. The molecular weight excluding hydrogens is 242 g/mol. The first kappa shape index (κ1) is 15.5. The van der Waals surface area contributed by atoms with Gasteiger partial charge in [0.15, 0.2) is 0 Å². The van der Waals surface area contributed by atoms with Crippen molar-refractivity contribution >= 4 is 0 Å². The molecule has 0 unspecified atom stereocenters. The normalized spacial score (nSPS) is 10.2. The summed E-state index contributed by atoms with van der Waals surface area (Å²) in [6.45, 7) is 9.72. The molecule has 0 fully saturated rings. The zero-order valence-electron chi connectivity index (χ0n) is 11.6. The molecule has 4 heteroatoms. The number of nitrogens with one attached hydrogen (secondary N) is 1. The highest BCUT2D eigenvalue weighted by Gasteiger charge is 1.96. The van der Waals surface area contributed by atoms with Crippen LogP contribution >= 0.6 is 0 Å². The van der Waals surface area contributed by atoms with Gasteiger partial charge in [0.05, 0.1) is 19.8 Å². The van der Waals surface area contributed by atoms with Crippen LogP contribution in [0, 0.1) is 0 Å². The largest absolute Gasteiger partial charge is 0.494 e. The minimum atomic E-state index is 0.551. The van der Waals surface area contributed by atoms with Crippen molar-refractivity contribution < 1.29 is 14.2 Å². The molecular formula is C15H23NO3. The summed E-state index contributed by atoms with van der Waals surface area (Å²) in [4.78, 5) is 0. The molecule has 0 saturated carbocycles. The Morgan fingerprint density at radius 1 is 1.05 bits per heavy atom. The number of benzene rings is 1. The molecule has 1 aromatic carbocycles. The van der Waals surface area contributed by atoms with Gasteiger partial charge in [0.1, 0.15) is 18.1 Å². The van der Waals surface area contributed by atoms with E-state index in [0.717, 1.165) is 24.6 Å². The second-order valence-electron chi connectivity index (χ2n) is 3.86. The molecule has 0 aliphatic carbocycles. The van der Waals surface area contributed by atoms with Crippen LogP contribution in [0.5, 0.6) is 11.5 Å². The topological polar surface area (TPSA) is 39.7 Å². The molecule has 0 aliphatic heterocycles. The molecule has 0 atom stereocenters. The average molecular weight is 265 g/mol. The van der Waals surface area contributed by atoms with E-state index in [1.165, 1.54) is 0 Å². The Morgan fingerprint density at radius 2 is 1.74 bits per heavy atom. The minimum Gasteiger partial charge on any atom is -0.494 e. The van der Waals surface area contributed by atoms with Crippen LogP contribution in [0.15, 0.2) is 36.9 Å². The van der Waals surface area contributed by atoms with E-state index >= 15 is 0 Å². The molecule has 0 saturated heterocycles. The van der Waals surface area contributed by atoms with E-state index in [-0.39, 0.29) is 0 Å². The van der Waals surface area contributed by atoms with Gasteiger partial charge in [-0.05, 0) is 31.2 Å². The average Bonchev–Trinajstić information content (AvgIpc) is 2.44. The maximum Gasteiger partial charge on any atom is 0.119 e. The molecule has 0 aromatic heterocycles. The lowest BCUT2D eigenvalue weighted by Gasteiger charge is -2.08. The molecule has 1 aromatic rings. The molecule has 0 radical (unpaired) electrons. The molecule has 106 valence electrons. The highest BCUT2D eigenvalue weighted by molar-refractivity contribution is 5.31. The number of rotatable bonds is 11. The Morgan fingerprint density at radius 3 is 2.37 bits per heavy atom. The first-order valence-corrected chi connectivity index (χ1v) is 6.62. The van der Waals surface area contributed by atoms with Crippen molar-refractivity contribution in [2.24, 2.45) is 0 Å². The Balaban J connectivity index is 2.04. The van der Waals surface area contributed by atoms with Crippen LogP contribution in [-0.4, -0.2) is 39.5 Å². The summed E-state index contributed by atoms with van der Waals surface area (Å²) in [5.74, 6) is 1.69. The van der Waals surface area contributed by atoms with Crippen molar-refractivity contribution in [2.75, 3.05) is 39.5 Å². The fraction of sp³-hybridized carbons (Fsp3) is 0.467. The van der Waals surface area contributed by atoms with Crippen LogP contribution in [0.3, 0.4) is 0 Å². The van der Waals surface area contributed by atoms with Gasteiger partial charge >= 0.3 is 0 Å². The van der Waals surface area contributed by atoms with Gasteiger partial charge in [-0.3, -0.25) is 0 Å². The van der Waals surface area contributed by atoms with Crippen molar-refractivity contribution in [3.8, 4) is 11.5 Å². The fourth-order valence-corrected chi connectivity index (χ4v) is 1.47. The van der Waals surface area contributed by atoms with Gasteiger partial charge in [-0.2, -0.15) is 0 Å². The van der Waals surface area contributed by atoms with Crippen molar-refractivity contribution in [2.45, 2.75) is 6.92 Å². The summed E-state index contributed by atoms with van der Waals surface area (Å²) in [6, 6.07) is 7.60. The van der Waals surface area contributed by atoms with Crippen LogP contribution < -0.4 is 14.8 Å². The summed E-state index contributed by atoms with van der Waals surface area (Å²) >= 11 is 0. The molecule has 0 spiro atoms. The van der Waals surface area contributed by atoms with Crippen LogP contribution in [0.1, 0.15) is 6.92 Å². The van der Waals surface area contributed by atoms with Gasteiger partial charge in [0.2, 0.25) is 0 Å². The number of hydrogen-bond acceptors (Lipinski definition) is 4. The second kappa shape index (κ2) is 10.4. The van der Waals surface area contributed by atoms with Crippen LogP contribution in [0.4, 0.5) is 0 Å². The molecule has 1 rings (SSSR count). The SMILES string of the molecule is C=CCNCCOCCOc1ccc(OCC)cc1. The highest BCUT2D eigenvalue weighted by Crippen LogP contribution is 2.17. The minimum absolute atomic E-state index is 0.551. The third kappa shape index (κ3) is 7.49. The van der Waals surface area contributed by atoms with Gasteiger partial charge in [-0.15, -0.1) is 6.58 Å². The summed E-state index contributed by atoms with van der Waals surface area (Å²) in [6.07, 6.45) is 1.83. The Bertz CT molecular complexity index is 338. The van der Waals surface area contributed by atoms with E-state index in [4.69, 9.17) is 14.2 Å². The lowest BCUT2D eigenvalue weighted by atomic mass is 10.3. The van der Waals surface area contributed by atoms with Gasteiger partial charge < -0.3 is 19.5 Å². The zero-order chi connectivity index (χ0) is 13.8. The lowest BCUT2D eigenvalue weighted by Crippen LogP contribution is -2.20. The second-order valence-corrected chi connectivity index (χ2v) is 3.86. The molecule has 19 heavy (non-hydrogen) atoms. The zero-order valence-corrected chi connectivity index (χ0v) is 11.6. The Hall–Kier alpha value is -1.52. The first-order chi connectivity index (χ1) is 9.36. The van der Waals surface area contributed by atoms with E-state index < -0.39 is 0 Å². The van der Waals surface area contributed by atoms with E-state index in [2.05, 4.69) is 11.9 Å². The van der Waals surface area contributed by atoms with E-state index in [0.29, 0.717) is 26.4 Å². The number of hydrogen-bond donors (Lipinski definition) is 1. The smallest absolute Gasteiger partial charge is 0.119 e. The predicted molar refractivity (Wildman–Crippen MR) is 77.0 cm³/mol. The van der Waals surface area contributed by atoms with Gasteiger partial charge in [0, 0.05) is 13.1 Å². The molecule has 0 amide bonds. The van der Waals surface area contributed by atoms with E-state index in [1.54, 1.807) is 0 Å². The fourth-order valence-electron chi connectivity index (χ4n) is 1.47. The van der Waals surface area contributed by atoms with Crippen molar-refractivity contribution in [1.29, 1.82) is 0 Å². The van der Waals surface area contributed by atoms with Gasteiger partial charge in [-0.1, -0.05) is 6.08 Å². The van der Waals surface area contributed by atoms with Crippen LogP contribution in [-0.2, 0) is 4.74 Å². The van der Waals surface area contributed by atoms with Crippen molar-refractivity contribution in [3.63, 3.8) is 0 Å². The monoisotopic (exact) mass is 265 g/mol. The van der Waals surface area contributed by atoms with Crippen LogP contribution in [0.2, 0.25) is 0 Å². The molecule has 0 aliphatic rings. The van der Waals surface area contributed by atoms with Crippen molar-refractivity contribution in [1.82, 2.24) is 5.32 Å². The Kier molecular flexibility index (Phi) is 8.51. The third-order valence-electron chi connectivity index (χ3n) is 2.34. The predicted octanol–water partition coefficient (Wildman–Crippen LogP) is 2.26. The van der Waals surface area contributed by atoms with E-state index in [1.807, 2.05) is 37.3 Å². The molecule has 0 bridgehead atoms. The highest BCUT2D eigenvalue weighted by atomic mass is 16.5. The summed E-state index contributed by atoms with van der Waals surface area (Å²) in [5, 5.41) is 3.16. The first-order valence-electron chi connectivity index (χ1n) is 6.62. The van der Waals surface area contributed by atoms with Crippen molar-refractivity contribution in [3.05, 3.63) is 36.9 Å². The Labute approximate surface area is 115 Å². The molecule has 1 N–H and O–H groups in total. The quantitative estimate of drug-likeness (QED) is 0.492. The maximum absolute atomic E-state index is 5.55. The van der Waals surface area contributed by atoms with E-state index in [9.17, 15) is 0 Å². The molecule has 4 nitrogen and oxygen atoms in total. The standard InChI is InChI=1S/C15H23NO3/c1-3-9-16-10-11-17-12-13-19-15-7-5-14(6-8-15)18-4-2/h3,5-8,16H,1,4,9-13H2,2H3. The van der Waals surface area contributed by atoms with Gasteiger partial charge in [0.25, 0.3) is 0 Å². The molecule has 0 heterocycles. The summed E-state index contributed by atoms with van der Waals surface area (Å²) in [5.41, 5.74) is 0. The third-order valence-corrected chi connectivity index (χ3v) is 2.34.